The third-order valence-electron chi connectivity index (χ3n) is 2.69. The van der Waals surface area contributed by atoms with Crippen LogP contribution in [0, 0.1) is 0 Å². The number of aromatic amines is 1. The van der Waals surface area contributed by atoms with Gasteiger partial charge in [-0.05, 0) is 12.5 Å². The van der Waals surface area contributed by atoms with Gasteiger partial charge >= 0.3 is 5.97 Å². The molecule has 0 bridgehead atoms. The molecule has 92 valence electrons. The van der Waals surface area contributed by atoms with E-state index in [1.54, 1.807) is 6.07 Å². The summed E-state index contributed by atoms with van der Waals surface area (Å²) in [7, 11) is 0. The summed E-state index contributed by atoms with van der Waals surface area (Å²) in [6.45, 7) is 1.94. The Morgan fingerprint density at radius 2 is 2.47 bits per heavy atom. The molecule has 1 aromatic heterocycles. The van der Waals surface area contributed by atoms with Crippen LogP contribution in [0.15, 0.2) is 12.3 Å². The zero-order chi connectivity index (χ0) is 12.4. The minimum Gasteiger partial charge on any atom is -0.480 e. The van der Waals surface area contributed by atoms with E-state index >= 15 is 0 Å². The van der Waals surface area contributed by atoms with Gasteiger partial charge in [0.25, 0.3) is 5.91 Å². The molecule has 1 aliphatic heterocycles. The van der Waals surface area contributed by atoms with Crippen molar-refractivity contribution >= 4 is 23.6 Å². The minimum atomic E-state index is -0.957. The lowest BCUT2D eigenvalue weighted by atomic mass is 10.2. The SMILES string of the molecule is CCC1SCC(C(=O)O)N1C(=O)c1ccn[nH]1. The largest absolute Gasteiger partial charge is 0.480 e. The first kappa shape index (κ1) is 12.0. The van der Waals surface area contributed by atoms with E-state index in [9.17, 15) is 9.59 Å². The van der Waals surface area contributed by atoms with E-state index in [0.29, 0.717) is 11.4 Å². The number of carboxylic acid groups (broad SMARTS) is 1. The quantitative estimate of drug-likeness (QED) is 0.833. The fourth-order valence-electron chi connectivity index (χ4n) is 1.85. The predicted octanol–water partition coefficient (Wildman–Crippen LogP) is 0.788. The Morgan fingerprint density at radius 3 is 3.00 bits per heavy atom. The first-order valence-corrected chi connectivity index (χ1v) is 6.36. The summed E-state index contributed by atoms with van der Waals surface area (Å²) in [6.07, 6.45) is 2.21. The van der Waals surface area contributed by atoms with Crippen molar-refractivity contribution in [3.05, 3.63) is 18.0 Å². The molecule has 17 heavy (non-hydrogen) atoms. The van der Waals surface area contributed by atoms with Gasteiger partial charge in [0.15, 0.2) is 0 Å². The summed E-state index contributed by atoms with van der Waals surface area (Å²) in [5.74, 6) is -0.818. The molecule has 1 aromatic rings. The van der Waals surface area contributed by atoms with Crippen LogP contribution in [0.5, 0.6) is 0 Å². The Hall–Kier alpha value is -1.50. The topological polar surface area (TPSA) is 86.3 Å². The van der Waals surface area contributed by atoms with E-state index < -0.39 is 12.0 Å². The Balaban J connectivity index is 2.25. The Bertz CT molecular complexity index is 420. The molecular weight excluding hydrogens is 242 g/mol. The second-order valence-electron chi connectivity index (χ2n) is 3.73. The molecule has 0 aliphatic carbocycles. The number of aromatic nitrogens is 2. The van der Waals surface area contributed by atoms with Crippen molar-refractivity contribution in [2.24, 2.45) is 0 Å². The van der Waals surface area contributed by atoms with Gasteiger partial charge in [-0.2, -0.15) is 5.10 Å². The molecule has 2 heterocycles. The number of aliphatic carboxylic acids is 1. The molecule has 1 amide bonds. The van der Waals surface area contributed by atoms with Crippen molar-refractivity contribution < 1.29 is 14.7 Å². The van der Waals surface area contributed by atoms with E-state index in [1.807, 2.05) is 6.92 Å². The fraction of sp³-hybridized carbons (Fsp3) is 0.500. The molecule has 7 heteroatoms. The number of carbonyl (C=O) groups excluding carboxylic acids is 1. The summed E-state index contributed by atoms with van der Waals surface area (Å²) in [4.78, 5) is 24.7. The number of H-pyrrole nitrogens is 1. The van der Waals surface area contributed by atoms with Crippen LogP contribution in [-0.2, 0) is 4.79 Å². The Kier molecular flexibility index (Phi) is 3.37. The summed E-state index contributed by atoms with van der Waals surface area (Å²) in [5.41, 5.74) is 0.331. The number of carbonyl (C=O) groups is 2. The number of hydrogen-bond acceptors (Lipinski definition) is 4. The van der Waals surface area contributed by atoms with Crippen molar-refractivity contribution in [2.45, 2.75) is 24.8 Å². The highest BCUT2D eigenvalue weighted by atomic mass is 32.2. The summed E-state index contributed by atoms with van der Waals surface area (Å²) in [6, 6.07) is 0.803. The number of hydrogen-bond donors (Lipinski definition) is 2. The molecule has 0 saturated carbocycles. The van der Waals surface area contributed by atoms with Crippen LogP contribution in [0.2, 0.25) is 0 Å². The normalized spacial score (nSPS) is 23.9. The van der Waals surface area contributed by atoms with Gasteiger partial charge in [0.1, 0.15) is 11.7 Å². The van der Waals surface area contributed by atoms with E-state index in [1.165, 1.54) is 22.9 Å². The van der Waals surface area contributed by atoms with E-state index in [4.69, 9.17) is 5.11 Å². The van der Waals surface area contributed by atoms with Gasteiger partial charge in [-0.15, -0.1) is 11.8 Å². The molecule has 0 radical (unpaired) electrons. The van der Waals surface area contributed by atoms with Crippen LogP contribution in [0.3, 0.4) is 0 Å². The second kappa shape index (κ2) is 4.79. The lowest BCUT2D eigenvalue weighted by molar-refractivity contribution is -0.141. The fourth-order valence-corrected chi connectivity index (χ4v) is 3.20. The molecule has 6 nitrogen and oxygen atoms in total. The van der Waals surface area contributed by atoms with Crippen molar-refractivity contribution in [3.63, 3.8) is 0 Å². The number of amides is 1. The third-order valence-corrected chi connectivity index (χ3v) is 4.15. The molecule has 0 aromatic carbocycles. The molecule has 1 fully saturated rings. The molecular formula is C10H13N3O3S. The Morgan fingerprint density at radius 1 is 1.71 bits per heavy atom. The van der Waals surface area contributed by atoms with Gasteiger partial charge in [-0.25, -0.2) is 4.79 Å². The van der Waals surface area contributed by atoms with Gasteiger partial charge < -0.3 is 10.0 Å². The average Bonchev–Trinajstić information content (AvgIpc) is 2.96. The maximum atomic E-state index is 12.2. The van der Waals surface area contributed by atoms with Gasteiger partial charge in [-0.3, -0.25) is 9.89 Å². The van der Waals surface area contributed by atoms with Crippen LogP contribution in [-0.4, -0.2) is 49.2 Å². The van der Waals surface area contributed by atoms with E-state index in [0.717, 1.165) is 6.42 Å². The van der Waals surface area contributed by atoms with Gasteiger partial charge in [0.05, 0.1) is 5.37 Å². The van der Waals surface area contributed by atoms with Crippen LogP contribution in [0.4, 0.5) is 0 Å². The maximum absolute atomic E-state index is 12.2. The lowest BCUT2D eigenvalue weighted by Gasteiger charge is -2.25. The Labute approximate surface area is 102 Å². The van der Waals surface area contributed by atoms with E-state index in [-0.39, 0.29) is 11.3 Å². The number of thioether (sulfide) groups is 1. The van der Waals surface area contributed by atoms with Crippen LogP contribution in [0.25, 0.3) is 0 Å². The van der Waals surface area contributed by atoms with Crippen LogP contribution >= 0.6 is 11.8 Å². The van der Waals surface area contributed by atoms with Crippen molar-refractivity contribution in [1.29, 1.82) is 0 Å². The van der Waals surface area contributed by atoms with Crippen LogP contribution < -0.4 is 0 Å². The molecule has 1 aliphatic rings. The predicted molar refractivity (Wildman–Crippen MR) is 62.7 cm³/mol. The standard InChI is InChI=1S/C10H13N3O3S/c1-2-8-13(7(5-17-8)10(15)16)9(14)6-3-4-11-12-6/h3-4,7-8H,2,5H2,1H3,(H,11,12)(H,15,16). The smallest absolute Gasteiger partial charge is 0.327 e. The lowest BCUT2D eigenvalue weighted by Crippen LogP contribution is -2.45. The number of rotatable bonds is 3. The number of nitrogens with one attached hydrogen (secondary N) is 1. The molecule has 2 unspecified atom stereocenters. The van der Waals surface area contributed by atoms with Crippen molar-refractivity contribution in [1.82, 2.24) is 15.1 Å². The first-order chi connectivity index (χ1) is 8.15. The van der Waals surface area contributed by atoms with Crippen molar-refractivity contribution in [3.8, 4) is 0 Å². The summed E-state index contributed by atoms with van der Waals surface area (Å²) in [5, 5.41) is 15.3. The summed E-state index contributed by atoms with van der Waals surface area (Å²) < 4.78 is 0. The summed E-state index contributed by atoms with van der Waals surface area (Å²) >= 11 is 1.50. The molecule has 0 spiro atoms. The zero-order valence-electron chi connectivity index (χ0n) is 9.29. The first-order valence-electron chi connectivity index (χ1n) is 5.31. The molecule has 2 atom stereocenters. The maximum Gasteiger partial charge on any atom is 0.327 e. The van der Waals surface area contributed by atoms with Gasteiger partial charge in [0.2, 0.25) is 0 Å². The molecule has 1 saturated heterocycles. The highest BCUT2D eigenvalue weighted by Crippen LogP contribution is 2.32. The van der Waals surface area contributed by atoms with Gasteiger partial charge in [-0.1, -0.05) is 6.92 Å². The average molecular weight is 255 g/mol. The second-order valence-corrected chi connectivity index (χ2v) is 4.94. The van der Waals surface area contributed by atoms with Gasteiger partial charge in [0, 0.05) is 11.9 Å². The number of nitrogens with zero attached hydrogens (tertiary/aromatic N) is 2. The minimum absolute atomic E-state index is 0.0769. The highest BCUT2D eigenvalue weighted by Gasteiger charge is 2.41. The van der Waals surface area contributed by atoms with Crippen molar-refractivity contribution in [2.75, 3.05) is 5.75 Å². The van der Waals surface area contributed by atoms with Crippen LogP contribution in [0.1, 0.15) is 23.8 Å². The molecule has 2 rings (SSSR count). The third kappa shape index (κ3) is 2.14. The monoisotopic (exact) mass is 255 g/mol. The van der Waals surface area contributed by atoms with E-state index in [2.05, 4.69) is 10.2 Å². The zero-order valence-corrected chi connectivity index (χ0v) is 10.1. The highest BCUT2D eigenvalue weighted by molar-refractivity contribution is 8.00. The number of carboxylic acids is 1. The molecule has 2 N–H and O–H groups in total.